The molecule has 0 N–H and O–H groups in total. The van der Waals surface area contributed by atoms with Gasteiger partial charge in [-0.3, -0.25) is 9.78 Å². The van der Waals surface area contributed by atoms with Crippen molar-refractivity contribution in [2.24, 2.45) is 5.41 Å². The minimum absolute atomic E-state index is 0.0247. The second kappa shape index (κ2) is 14.8. The van der Waals surface area contributed by atoms with Crippen LogP contribution in [0, 0.1) is 5.41 Å². The van der Waals surface area contributed by atoms with Crippen LogP contribution < -0.4 is 4.90 Å². The van der Waals surface area contributed by atoms with Gasteiger partial charge < -0.3 is 14.4 Å². The molecule has 50 heavy (non-hydrogen) atoms. The fraction of sp³-hybridized carbons (Fsp3) is 0.541. The van der Waals surface area contributed by atoms with E-state index in [-0.39, 0.29) is 23.7 Å². The molecule has 13 heteroatoms. The van der Waals surface area contributed by atoms with Crippen LogP contribution in [0.25, 0.3) is 33.3 Å². The Bertz CT molecular complexity index is 1970. The number of carbonyl (C=O) groups is 1. The van der Waals surface area contributed by atoms with Crippen molar-refractivity contribution in [1.29, 1.82) is 0 Å². The maximum Gasteiger partial charge on any atom is 0.180 e. The summed E-state index contributed by atoms with van der Waals surface area (Å²) in [6, 6.07) is 3.98. The van der Waals surface area contributed by atoms with E-state index in [2.05, 4.69) is 51.9 Å². The lowest BCUT2D eigenvalue weighted by molar-refractivity contribution is -0.119. The number of fused-ring (bicyclic) bond motifs is 3. The second-order valence-electron chi connectivity index (χ2n) is 14.8. The highest BCUT2D eigenvalue weighted by Crippen LogP contribution is 2.33. The van der Waals surface area contributed by atoms with Gasteiger partial charge in [0.1, 0.15) is 16.1 Å². The topological polar surface area (TPSA) is 126 Å². The molecule has 5 aromatic heterocycles. The van der Waals surface area contributed by atoms with Gasteiger partial charge in [0.25, 0.3) is 0 Å². The molecule has 0 amide bonds. The zero-order chi connectivity index (χ0) is 34.8. The summed E-state index contributed by atoms with van der Waals surface area (Å²) in [5.74, 6) is 1.68. The molecule has 12 nitrogen and oxygen atoms in total. The Kier molecular flexibility index (Phi) is 10.3. The molecule has 2 atom stereocenters. The molecule has 2 saturated heterocycles. The van der Waals surface area contributed by atoms with Crippen molar-refractivity contribution in [3.8, 4) is 11.5 Å². The van der Waals surface area contributed by atoms with Crippen molar-refractivity contribution in [1.82, 2.24) is 39.5 Å². The van der Waals surface area contributed by atoms with Gasteiger partial charge in [-0.2, -0.15) is 10.2 Å². The molecule has 5 aromatic rings. The molecule has 264 valence electrons. The van der Waals surface area contributed by atoms with E-state index in [1.165, 1.54) is 6.42 Å². The summed E-state index contributed by atoms with van der Waals surface area (Å²) < 4.78 is 16.4. The van der Waals surface area contributed by atoms with Crippen molar-refractivity contribution < 1.29 is 14.3 Å². The van der Waals surface area contributed by atoms with Gasteiger partial charge in [-0.15, -0.1) is 0 Å². The molecular weight excluding hydrogens is 698 g/mol. The van der Waals surface area contributed by atoms with Crippen LogP contribution in [0.15, 0.2) is 41.5 Å². The van der Waals surface area contributed by atoms with Crippen LogP contribution in [0.2, 0.25) is 0 Å². The van der Waals surface area contributed by atoms with E-state index in [1.54, 1.807) is 0 Å². The van der Waals surface area contributed by atoms with Crippen molar-refractivity contribution in [2.45, 2.75) is 97.4 Å². The summed E-state index contributed by atoms with van der Waals surface area (Å²) in [5, 5.41) is 11.1. The summed E-state index contributed by atoms with van der Waals surface area (Å²) in [6.07, 6.45) is 17.6. The first kappa shape index (κ1) is 34.6. The van der Waals surface area contributed by atoms with Crippen LogP contribution in [0.4, 0.5) is 5.82 Å². The summed E-state index contributed by atoms with van der Waals surface area (Å²) >= 11 is 3.36. The number of likely N-dealkylation sites (N-methyl/N-ethyl adjacent to an activating group) is 1. The first-order valence-electron chi connectivity index (χ1n) is 17.8. The number of aryl methyl sites for hydroxylation is 1. The second-order valence-corrected chi connectivity index (χ2v) is 15.6. The van der Waals surface area contributed by atoms with Crippen LogP contribution in [-0.4, -0.2) is 72.1 Å². The van der Waals surface area contributed by atoms with Gasteiger partial charge in [0.15, 0.2) is 24.1 Å². The average molecular weight is 745 g/mol. The van der Waals surface area contributed by atoms with Gasteiger partial charge in [-0.1, -0.05) is 20.8 Å². The minimum Gasteiger partial charge on any atom is -0.356 e. The van der Waals surface area contributed by atoms with E-state index in [9.17, 15) is 4.79 Å². The number of hydrogen-bond acceptors (Lipinski definition) is 10. The Labute approximate surface area is 301 Å². The summed E-state index contributed by atoms with van der Waals surface area (Å²) in [6.45, 7) is 8.23. The monoisotopic (exact) mass is 743 g/mol. The van der Waals surface area contributed by atoms with Gasteiger partial charge in [0, 0.05) is 48.7 Å². The molecule has 0 bridgehead atoms. The fourth-order valence-corrected chi connectivity index (χ4v) is 7.46. The van der Waals surface area contributed by atoms with Crippen LogP contribution in [0.3, 0.4) is 0 Å². The third-order valence-electron chi connectivity index (χ3n) is 9.43. The van der Waals surface area contributed by atoms with Crippen LogP contribution >= 0.6 is 15.9 Å². The maximum absolute atomic E-state index is 12.7. The number of pyridine rings is 2. The lowest BCUT2D eigenvalue weighted by atomic mass is 9.90. The molecule has 7 heterocycles. The molecule has 0 saturated carbocycles. The predicted octanol–water partition coefficient (Wildman–Crippen LogP) is 7.41. The Balaban J connectivity index is 0.000000203. The van der Waals surface area contributed by atoms with Crippen LogP contribution in [-0.2, 0) is 27.1 Å². The number of nitrogens with zero attached hydrogens (tertiary/aromatic N) is 9. The molecule has 8 rings (SSSR count). The van der Waals surface area contributed by atoms with E-state index >= 15 is 0 Å². The van der Waals surface area contributed by atoms with Gasteiger partial charge in [-0.25, -0.2) is 24.3 Å². The van der Waals surface area contributed by atoms with Gasteiger partial charge in [-0.05, 0) is 91.3 Å². The molecule has 2 unspecified atom stereocenters. The van der Waals surface area contributed by atoms with E-state index in [0.29, 0.717) is 18.8 Å². The van der Waals surface area contributed by atoms with Gasteiger partial charge >= 0.3 is 0 Å². The highest BCUT2D eigenvalue weighted by Gasteiger charge is 2.26. The number of carbonyl (C=O) groups excluding carboxylic acids is 1. The van der Waals surface area contributed by atoms with Crippen molar-refractivity contribution in [2.75, 3.05) is 31.7 Å². The number of rotatable bonds is 7. The summed E-state index contributed by atoms with van der Waals surface area (Å²) in [7, 11) is 1.95. The van der Waals surface area contributed by atoms with Crippen molar-refractivity contribution in [3.63, 3.8) is 0 Å². The van der Waals surface area contributed by atoms with Gasteiger partial charge in [0.2, 0.25) is 0 Å². The summed E-state index contributed by atoms with van der Waals surface area (Å²) in [4.78, 5) is 33.4. The standard InChI is InChI=1S/C26H34N6O2.C11H12BrN3O/c1-26(2,3)13-18(33)16-31(4)25-19-8-7-9-20(19)29-24(30-25)21-12-17-14-28-32(22(17)15-27-21)23-10-5-6-11-34-23;12-10-5-8-6-14-15(9(8)7-13-10)11-3-1-2-4-16-11/h12,14-15,23H,5-11,13,16H2,1-4H3;5-7,11H,1-4H2. The SMILES string of the molecule is Brc1cc2cnn(C3CCCCO3)c2cn1.CN(CC(=O)CC(C)(C)C)c1nc(-c2cc3cnn(C4CCCCO4)c3cn2)nc2c1CCC2. The Morgan fingerprint density at radius 2 is 1.50 bits per heavy atom. The van der Waals surface area contributed by atoms with E-state index < -0.39 is 0 Å². The molecule has 3 aliphatic rings. The molecule has 2 aliphatic heterocycles. The highest BCUT2D eigenvalue weighted by atomic mass is 79.9. The number of ether oxygens (including phenoxy) is 2. The zero-order valence-electron chi connectivity index (χ0n) is 29.4. The molecule has 0 radical (unpaired) electrons. The number of Topliss-reactive ketones (excluding diaryl/α,β-unsaturated/α-hetero) is 1. The average Bonchev–Trinajstić information content (AvgIpc) is 3.86. The maximum atomic E-state index is 12.7. The van der Waals surface area contributed by atoms with E-state index in [1.807, 2.05) is 58.2 Å². The third-order valence-corrected chi connectivity index (χ3v) is 9.86. The van der Waals surface area contributed by atoms with Crippen LogP contribution in [0.1, 0.15) is 95.9 Å². The quantitative estimate of drug-likeness (QED) is 0.156. The Morgan fingerprint density at radius 1 is 0.860 bits per heavy atom. The fourth-order valence-electron chi connectivity index (χ4n) is 7.11. The number of hydrogen-bond donors (Lipinski definition) is 0. The molecule has 2 fully saturated rings. The number of halogens is 1. The lowest BCUT2D eigenvalue weighted by Crippen LogP contribution is -2.30. The first-order valence-corrected chi connectivity index (χ1v) is 18.6. The van der Waals surface area contributed by atoms with Crippen LogP contribution in [0.5, 0.6) is 0 Å². The number of anilines is 1. The van der Waals surface area contributed by atoms with Crippen molar-refractivity contribution >= 4 is 49.3 Å². The van der Waals surface area contributed by atoms with Crippen molar-refractivity contribution in [3.05, 3.63) is 52.8 Å². The highest BCUT2D eigenvalue weighted by molar-refractivity contribution is 9.10. The first-order chi connectivity index (χ1) is 24.1. The molecular formula is C37H46BrN9O3. The van der Waals surface area contributed by atoms with E-state index in [0.717, 1.165) is 114 Å². The third kappa shape index (κ3) is 7.74. The summed E-state index contributed by atoms with van der Waals surface area (Å²) in [5.41, 5.74) is 4.93. The largest absolute Gasteiger partial charge is 0.356 e. The number of ketones is 1. The minimum atomic E-state index is -0.0268. The lowest BCUT2D eigenvalue weighted by Gasteiger charge is -2.23. The molecule has 0 spiro atoms. The molecule has 0 aromatic carbocycles. The zero-order valence-corrected chi connectivity index (χ0v) is 31.0. The predicted molar refractivity (Wildman–Crippen MR) is 196 cm³/mol. The molecule has 1 aliphatic carbocycles. The number of aromatic nitrogens is 8. The Morgan fingerprint density at radius 3 is 2.12 bits per heavy atom. The Hall–Kier alpha value is -3.81. The normalized spacial score (nSPS) is 19.3. The van der Waals surface area contributed by atoms with E-state index in [4.69, 9.17) is 24.4 Å². The smallest absolute Gasteiger partial charge is 0.180 e. The van der Waals surface area contributed by atoms with Gasteiger partial charge in [0.05, 0.1) is 42.4 Å².